The van der Waals surface area contributed by atoms with Crippen molar-refractivity contribution in [1.29, 1.82) is 0 Å². The topological polar surface area (TPSA) is 18.5 Å². The van der Waals surface area contributed by atoms with Crippen LogP contribution >= 0.6 is 0 Å². The van der Waals surface area contributed by atoms with Gasteiger partial charge in [0, 0.05) is 13.7 Å². The summed E-state index contributed by atoms with van der Waals surface area (Å²) in [6, 6.07) is 1.10. The van der Waals surface area contributed by atoms with Crippen LogP contribution in [0.2, 0.25) is 12.6 Å². The summed E-state index contributed by atoms with van der Waals surface area (Å²) in [4.78, 5) is 0. The van der Waals surface area contributed by atoms with Crippen LogP contribution in [-0.2, 0) is 8.85 Å². The van der Waals surface area contributed by atoms with Gasteiger partial charge in [-0.25, -0.2) is 0 Å². The van der Waals surface area contributed by atoms with E-state index >= 15 is 0 Å². The summed E-state index contributed by atoms with van der Waals surface area (Å²) in [6.45, 7) is 9.40. The number of rotatable bonds is 6. The summed E-state index contributed by atoms with van der Waals surface area (Å²) < 4.78 is 11.1. The van der Waals surface area contributed by atoms with Gasteiger partial charge in [-0.2, -0.15) is 0 Å². The first-order valence-corrected chi connectivity index (χ1v) is 7.29. The molecule has 0 fully saturated rings. The van der Waals surface area contributed by atoms with Gasteiger partial charge in [0.2, 0.25) is 0 Å². The van der Waals surface area contributed by atoms with E-state index in [1.165, 1.54) is 6.42 Å². The minimum absolute atomic E-state index is 0.716. The van der Waals surface area contributed by atoms with E-state index in [9.17, 15) is 0 Å². The summed E-state index contributed by atoms with van der Waals surface area (Å²) in [5.74, 6) is 0.716. The van der Waals surface area contributed by atoms with E-state index in [1.807, 2.05) is 6.92 Å². The highest BCUT2D eigenvalue weighted by Gasteiger charge is 2.31. The van der Waals surface area contributed by atoms with E-state index < -0.39 is 8.56 Å². The molecule has 3 heteroatoms. The Morgan fingerprint density at radius 1 is 1.33 bits per heavy atom. The van der Waals surface area contributed by atoms with E-state index in [-0.39, 0.29) is 0 Å². The van der Waals surface area contributed by atoms with Crippen LogP contribution in [0.1, 0.15) is 27.2 Å². The Hall–Kier alpha value is 0.137. The molecule has 0 aliphatic carbocycles. The van der Waals surface area contributed by atoms with Crippen molar-refractivity contribution < 1.29 is 8.85 Å². The molecule has 0 bridgehead atoms. The second-order valence-electron chi connectivity index (χ2n) is 3.49. The lowest BCUT2D eigenvalue weighted by Gasteiger charge is -2.26. The van der Waals surface area contributed by atoms with Gasteiger partial charge in [-0.1, -0.05) is 20.3 Å². The van der Waals surface area contributed by atoms with Crippen LogP contribution in [0.3, 0.4) is 0 Å². The second-order valence-corrected chi connectivity index (χ2v) is 6.86. The zero-order valence-electron chi connectivity index (χ0n) is 9.02. The smallest absolute Gasteiger partial charge is 0.334 e. The highest BCUT2D eigenvalue weighted by molar-refractivity contribution is 6.66. The fraction of sp³-hybridized carbons (Fsp3) is 1.00. The highest BCUT2D eigenvalue weighted by Crippen LogP contribution is 2.20. The number of hydrogen-bond donors (Lipinski definition) is 0. The van der Waals surface area contributed by atoms with Gasteiger partial charge in [0.25, 0.3) is 0 Å². The van der Waals surface area contributed by atoms with Crippen LogP contribution in [-0.4, -0.2) is 22.3 Å². The number of hydrogen-bond acceptors (Lipinski definition) is 2. The average molecular weight is 190 g/mol. The fourth-order valence-corrected chi connectivity index (χ4v) is 3.85. The molecule has 2 nitrogen and oxygen atoms in total. The summed E-state index contributed by atoms with van der Waals surface area (Å²) in [7, 11) is -0.0393. The SMILES string of the molecule is CCO[Si](C)(CC(C)CC)OC. The molecule has 0 N–H and O–H groups in total. The molecule has 0 saturated heterocycles. The first-order chi connectivity index (χ1) is 5.58. The molecule has 0 heterocycles. The largest absolute Gasteiger partial charge is 0.398 e. The minimum Gasteiger partial charge on any atom is -0.398 e. The lowest BCUT2D eigenvalue weighted by Crippen LogP contribution is -2.38. The van der Waals surface area contributed by atoms with Crippen LogP contribution in [0.4, 0.5) is 0 Å². The van der Waals surface area contributed by atoms with E-state index in [1.54, 1.807) is 7.11 Å². The van der Waals surface area contributed by atoms with E-state index in [2.05, 4.69) is 20.4 Å². The molecule has 0 aliphatic heterocycles. The van der Waals surface area contributed by atoms with Crippen molar-refractivity contribution in [3.63, 3.8) is 0 Å². The van der Waals surface area contributed by atoms with Crippen molar-refractivity contribution in [2.75, 3.05) is 13.7 Å². The molecule has 0 aromatic heterocycles. The predicted octanol–water partition coefficient (Wildman–Crippen LogP) is 2.79. The summed E-state index contributed by atoms with van der Waals surface area (Å²) in [5.41, 5.74) is 0. The molecule has 0 aliphatic rings. The van der Waals surface area contributed by atoms with Gasteiger partial charge >= 0.3 is 8.56 Å². The quantitative estimate of drug-likeness (QED) is 0.600. The standard InChI is InChI=1S/C9H22O2Si/c1-6-9(3)8-12(5,10-4)11-7-2/h9H,6-8H2,1-5H3. The molecule has 0 rings (SSSR count). The fourth-order valence-electron chi connectivity index (χ4n) is 1.28. The average Bonchev–Trinajstić information content (AvgIpc) is 2.05. The molecule has 0 radical (unpaired) electrons. The van der Waals surface area contributed by atoms with Gasteiger partial charge < -0.3 is 8.85 Å². The Morgan fingerprint density at radius 3 is 2.25 bits per heavy atom. The molecule has 0 amide bonds. The minimum atomic E-state index is -1.81. The third-order valence-electron chi connectivity index (χ3n) is 2.30. The maximum absolute atomic E-state index is 5.67. The first-order valence-electron chi connectivity index (χ1n) is 4.77. The zero-order valence-corrected chi connectivity index (χ0v) is 10.0. The van der Waals surface area contributed by atoms with E-state index in [0.29, 0.717) is 5.92 Å². The van der Waals surface area contributed by atoms with Crippen LogP contribution < -0.4 is 0 Å². The summed E-state index contributed by atoms with van der Waals surface area (Å²) in [6.07, 6.45) is 1.21. The Kier molecular flexibility index (Phi) is 5.79. The molecular formula is C9H22O2Si. The second kappa shape index (κ2) is 5.73. The van der Waals surface area contributed by atoms with Gasteiger partial charge in [0.1, 0.15) is 0 Å². The molecular weight excluding hydrogens is 168 g/mol. The Bertz CT molecular complexity index is 119. The zero-order chi connectivity index (χ0) is 9.61. The van der Waals surface area contributed by atoms with Crippen molar-refractivity contribution in [2.24, 2.45) is 5.92 Å². The summed E-state index contributed by atoms with van der Waals surface area (Å²) >= 11 is 0. The van der Waals surface area contributed by atoms with Gasteiger partial charge in [-0.15, -0.1) is 0 Å². The lowest BCUT2D eigenvalue weighted by atomic mass is 10.2. The molecule has 0 aromatic rings. The van der Waals surface area contributed by atoms with Crippen molar-refractivity contribution in [2.45, 2.75) is 39.8 Å². The van der Waals surface area contributed by atoms with E-state index in [4.69, 9.17) is 8.85 Å². The van der Waals surface area contributed by atoms with Gasteiger partial charge in [-0.05, 0) is 25.4 Å². The third kappa shape index (κ3) is 4.23. The molecule has 2 unspecified atom stereocenters. The Morgan fingerprint density at radius 2 is 1.92 bits per heavy atom. The maximum Gasteiger partial charge on any atom is 0.334 e. The molecule has 0 aromatic carbocycles. The normalized spacial score (nSPS) is 18.8. The maximum atomic E-state index is 5.67. The van der Waals surface area contributed by atoms with Crippen LogP contribution in [0, 0.1) is 5.92 Å². The predicted molar refractivity (Wildman–Crippen MR) is 54.5 cm³/mol. The Balaban J connectivity index is 3.94. The Labute approximate surface area is 77.5 Å². The lowest BCUT2D eigenvalue weighted by molar-refractivity contribution is 0.209. The monoisotopic (exact) mass is 190 g/mol. The molecule has 2 atom stereocenters. The van der Waals surface area contributed by atoms with Crippen LogP contribution in [0.15, 0.2) is 0 Å². The van der Waals surface area contributed by atoms with Crippen LogP contribution in [0.5, 0.6) is 0 Å². The molecule has 12 heavy (non-hydrogen) atoms. The summed E-state index contributed by atoms with van der Waals surface area (Å²) in [5, 5.41) is 0. The molecule has 0 saturated carbocycles. The molecule has 0 spiro atoms. The van der Waals surface area contributed by atoms with Gasteiger partial charge in [0.15, 0.2) is 0 Å². The van der Waals surface area contributed by atoms with Crippen molar-refractivity contribution in [3.8, 4) is 0 Å². The van der Waals surface area contributed by atoms with Crippen molar-refractivity contribution in [1.82, 2.24) is 0 Å². The highest BCUT2D eigenvalue weighted by atomic mass is 28.4. The van der Waals surface area contributed by atoms with E-state index in [0.717, 1.165) is 12.7 Å². The van der Waals surface area contributed by atoms with Crippen LogP contribution in [0.25, 0.3) is 0 Å². The van der Waals surface area contributed by atoms with Crippen molar-refractivity contribution in [3.05, 3.63) is 0 Å². The first kappa shape index (κ1) is 12.1. The van der Waals surface area contributed by atoms with Gasteiger partial charge in [0.05, 0.1) is 0 Å². The molecule has 74 valence electrons. The van der Waals surface area contributed by atoms with Crippen molar-refractivity contribution >= 4 is 8.56 Å². The van der Waals surface area contributed by atoms with Gasteiger partial charge in [-0.3, -0.25) is 0 Å². The third-order valence-corrected chi connectivity index (χ3v) is 5.50.